The molecule has 2 aromatic heterocycles. The number of hydrogen-bond acceptors (Lipinski definition) is 5. The Balaban J connectivity index is 2.46. The Morgan fingerprint density at radius 2 is 2.05 bits per heavy atom. The molecule has 2 aromatic rings. The van der Waals surface area contributed by atoms with Crippen LogP contribution in [0.5, 0.6) is 0 Å². The molecule has 9 heteroatoms. The van der Waals surface area contributed by atoms with Gasteiger partial charge >= 0.3 is 5.97 Å². The van der Waals surface area contributed by atoms with Gasteiger partial charge in [-0.05, 0) is 25.5 Å². The highest BCUT2D eigenvalue weighted by molar-refractivity contribution is 7.92. The van der Waals surface area contributed by atoms with Crippen molar-refractivity contribution in [1.82, 2.24) is 15.2 Å². The lowest BCUT2D eigenvalue weighted by Crippen LogP contribution is -2.17. The van der Waals surface area contributed by atoms with E-state index in [-0.39, 0.29) is 16.3 Å². The van der Waals surface area contributed by atoms with E-state index in [1.807, 2.05) is 0 Å². The van der Waals surface area contributed by atoms with Gasteiger partial charge in [0, 0.05) is 6.20 Å². The molecule has 0 saturated carbocycles. The van der Waals surface area contributed by atoms with Gasteiger partial charge in [-0.3, -0.25) is 14.8 Å². The maximum Gasteiger partial charge on any atom is 0.357 e. The molecule has 0 aliphatic heterocycles. The molecule has 0 bridgehead atoms. The van der Waals surface area contributed by atoms with Gasteiger partial charge in [0.25, 0.3) is 10.0 Å². The summed E-state index contributed by atoms with van der Waals surface area (Å²) in [4.78, 5) is 14.5. The molecule has 0 aromatic carbocycles. The number of anilines is 1. The highest BCUT2D eigenvalue weighted by atomic mass is 32.2. The van der Waals surface area contributed by atoms with E-state index in [2.05, 4.69) is 19.9 Å². The first-order valence-electron chi connectivity index (χ1n) is 5.54. The van der Waals surface area contributed by atoms with Crippen molar-refractivity contribution in [1.29, 1.82) is 0 Å². The third-order valence-electron chi connectivity index (χ3n) is 2.49. The second-order valence-electron chi connectivity index (χ2n) is 4.19. The first-order valence-corrected chi connectivity index (χ1v) is 7.02. The summed E-state index contributed by atoms with van der Waals surface area (Å²) in [5.41, 5.74) is 0.626. The molecule has 0 atom stereocenters. The van der Waals surface area contributed by atoms with Gasteiger partial charge < -0.3 is 5.11 Å². The number of carboxylic acids is 1. The molecular formula is C11H12N4O4S. The van der Waals surface area contributed by atoms with Gasteiger partial charge in [0.1, 0.15) is 4.90 Å². The highest BCUT2D eigenvalue weighted by Crippen LogP contribution is 2.21. The van der Waals surface area contributed by atoms with Gasteiger partial charge in [0.15, 0.2) is 5.69 Å². The van der Waals surface area contributed by atoms with Gasteiger partial charge in [-0.25, -0.2) is 13.2 Å². The molecule has 0 fully saturated rings. The summed E-state index contributed by atoms with van der Waals surface area (Å²) >= 11 is 0. The standard InChI is InChI=1S/C11H12N4O4S/c1-6-3-8(5-12-4-6)15-20(18,19)10-7(2)13-14-9(10)11(16)17/h3-5,15H,1-2H3,(H,13,14)(H,16,17). The Bertz CT molecular complexity index is 766. The van der Waals surface area contributed by atoms with Crippen LogP contribution in [-0.2, 0) is 10.0 Å². The smallest absolute Gasteiger partial charge is 0.357 e. The van der Waals surface area contributed by atoms with Gasteiger partial charge in [0.2, 0.25) is 0 Å². The van der Waals surface area contributed by atoms with E-state index < -0.39 is 21.7 Å². The molecule has 0 radical (unpaired) electrons. The molecule has 106 valence electrons. The number of rotatable bonds is 4. The number of H-pyrrole nitrogens is 1. The van der Waals surface area contributed by atoms with Crippen molar-refractivity contribution in [3.63, 3.8) is 0 Å². The Morgan fingerprint density at radius 3 is 2.65 bits per heavy atom. The lowest BCUT2D eigenvalue weighted by molar-refractivity contribution is 0.0686. The molecule has 0 spiro atoms. The fourth-order valence-corrected chi connectivity index (χ4v) is 3.07. The number of aromatic amines is 1. The number of aryl methyl sites for hydroxylation is 2. The molecule has 2 heterocycles. The number of nitrogens with zero attached hydrogens (tertiary/aromatic N) is 2. The van der Waals surface area contributed by atoms with Crippen LogP contribution in [0.1, 0.15) is 21.7 Å². The van der Waals surface area contributed by atoms with Crippen molar-refractivity contribution in [3.8, 4) is 0 Å². The molecule has 0 aliphatic carbocycles. The second-order valence-corrected chi connectivity index (χ2v) is 5.81. The quantitative estimate of drug-likeness (QED) is 0.770. The number of sulfonamides is 1. The molecular weight excluding hydrogens is 284 g/mol. The summed E-state index contributed by atoms with van der Waals surface area (Å²) in [5, 5.41) is 14.8. The number of carboxylic acid groups (broad SMARTS) is 1. The van der Waals surface area contributed by atoms with Crippen LogP contribution in [0.4, 0.5) is 5.69 Å². The number of nitrogens with one attached hydrogen (secondary N) is 2. The van der Waals surface area contributed by atoms with E-state index in [0.29, 0.717) is 0 Å². The summed E-state index contributed by atoms with van der Waals surface area (Å²) in [6.45, 7) is 3.19. The van der Waals surface area contributed by atoms with Crippen molar-refractivity contribution in [3.05, 3.63) is 35.4 Å². The minimum absolute atomic E-state index is 0.149. The zero-order valence-corrected chi connectivity index (χ0v) is 11.5. The predicted octanol–water partition coefficient (Wildman–Crippen LogP) is 0.921. The largest absolute Gasteiger partial charge is 0.476 e. The van der Waals surface area contributed by atoms with Crippen LogP contribution < -0.4 is 4.72 Å². The first-order chi connectivity index (χ1) is 9.31. The van der Waals surface area contributed by atoms with E-state index >= 15 is 0 Å². The number of hydrogen-bond donors (Lipinski definition) is 3. The molecule has 0 amide bonds. The average Bonchev–Trinajstić information content (AvgIpc) is 2.71. The van der Waals surface area contributed by atoms with Crippen LogP contribution in [-0.4, -0.2) is 34.7 Å². The molecule has 2 rings (SSSR count). The minimum Gasteiger partial charge on any atom is -0.476 e. The summed E-state index contributed by atoms with van der Waals surface area (Å²) in [6.07, 6.45) is 2.91. The SMILES string of the molecule is Cc1cncc(NS(=O)(=O)c2c(C(=O)O)n[nH]c2C)c1. The zero-order valence-electron chi connectivity index (χ0n) is 10.7. The van der Waals surface area contributed by atoms with Crippen molar-refractivity contribution in [2.75, 3.05) is 4.72 Å². The van der Waals surface area contributed by atoms with Gasteiger partial charge in [-0.2, -0.15) is 5.10 Å². The number of carbonyl (C=O) groups is 1. The Hall–Kier alpha value is -2.42. The van der Waals surface area contributed by atoms with E-state index in [1.165, 1.54) is 13.1 Å². The summed E-state index contributed by atoms with van der Waals surface area (Å²) in [7, 11) is -4.06. The Morgan fingerprint density at radius 1 is 1.35 bits per heavy atom. The van der Waals surface area contributed by atoms with Crippen LogP contribution >= 0.6 is 0 Å². The normalized spacial score (nSPS) is 11.3. The van der Waals surface area contributed by atoms with Gasteiger partial charge in [-0.1, -0.05) is 0 Å². The molecule has 0 unspecified atom stereocenters. The average molecular weight is 296 g/mol. The number of pyridine rings is 1. The lowest BCUT2D eigenvalue weighted by Gasteiger charge is -2.08. The first kappa shape index (κ1) is 14.0. The van der Waals surface area contributed by atoms with Gasteiger partial charge in [0.05, 0.1) is 17.6 Å². The summed E-state index contributed by atoms with van der Waals surface area (Å²) in [5.74, 6) is -1.42. The molecule has 3 N–H and O–H groups in total. The second kappa shape index (κ2) is 4.93. The maximum atomic E-state index is 12.3. The third-order valence-corrected chi connectivity index (χ3v) is 4.03. The third kappa shape index (κ3) is 2.62. The molecule has 8 nitrogen and oxygen atoms in total. The van der Waals surface area contributed by atoms with E-state index in [0.717, 1.165) is 5.56 Å². The fourth-order valence-electron chi connectivity index (χ4n) is 1.71. The molecule has 0 saturated heterocycles. The van der Waals surface area contributed by atoms with E-state index in [9.17, 15) is 13.2 Å². The van der Waals surface area contributed by atoms with Crippen LogP contribution in [0, 0.1) is 13.8 Å². The van der Waals surface area contributed by atoms with Crippen molar-refractivity contribution < 1.29 is 18.3 Å². The minimum atomic E-state index is -4.06. The number of aromatic nitrogens is 3. The fraction of sp³-hybridized carbons (Fsp3) is 0.182. The summed E-state index contributed by atoms with van der Waals surface area (Å²) in [6, 6.07) is 1.58. The van der Waals surface area contributed by atoms with E-state index in [1.54, 1.807) is 19.2 Å². The summed E-state index contributed by atoms with van der Waals surface area (Å²) < 4.78 is 26.8. The molecule has 0 aliphatic rings. The highest BCUT2D eigenvalue weighted by Gasteiger charge is 2.28. The predicted molar refractivity (Wildman–Crippen MR) is 70.1 cm³/mol. The van der Waals surface area contributed by atoms with Crippen LogP contribution in [0.15, 0.2) is 23.4 Å². The van der Waals surface area contributed by atoms with Crippen molar-refractivity contribution in [2.45, 2.75) is 18.7 Å². The topological polar surface area (TPSA) is 125 Å². The number of aromatic carboxylic acids is 1. The van der Waals surface area contributed by atoms with Crippen LogP contribution in [0.25, 0.3) is 0 Å². The lowest BCUT2D eigenvalue weighted by atomic mass is 10.3. The van der Waals surface area contributed by atoms with E-state index in [4.69, 9.17) is 5.11 Å². The van der Waals surface area contributed by atoms with Crippen LogP contribution in [0.3, 0.4) is 0 Å². The van der Waals surface area contributed by atoms with Crippen molar-refractivity contribution >= 4 is 21.7 Å². The zero-order chi connectivity index (χ0) is 14.9. The van der Waals surface area contributed by atoms with Gasteiger partial charge in [-0.15, -0.1) is 0 Å². The Kier molecular flexibility index (Phi) is 3.45. The maximum absolute atomic E-state index is 12.3. The molecule has 20 heavy (non-hydrogen) atoms. The Labute approximate surface area is 114 Å². The van der Waals surface area contributed by atoms with Crippen LogP contribution in [0.2, 0.25) is 0 Å². The van der Waals surface area contributed by atoms with Crippen molar-refractivity contribution in [2.24, 2.45) is 0 Å². The monoisotopic (exact) mass is 296 g/mol.